The SMILES string of the molecule is CCNC(=NCc1cn2c(C)cccc2n1)NC1CCN(CCCOC)CC1.I. The van der Waals surface area contributed by atoms with Crippen molar-refractivity contribution in [3.05, 3.63) is 35.8 Å². The predicted octanol–water partition coefficient (Wildman–Crippen LogP) is 2.82. The summed E-state index contributed by atoms with van der Waals surface area (Å²) < 4.78 is 7.27. The van der Waals surface area contributed by atoms with E-state index in [2.05, 4.69) is 51.0 Å². The van der Waals surface area contributed by atoms with Crippen molar-refractivity contribution >= 4 is 35.6 Å². The molecule has 1 saturated heterocycles. The van der Waals surface area contributed by atoms with Crippen LogP contribution >= 0.6 is 24.0 Å². The Kier molecular flexibility index (Phi) is 10.2. The number of ether oxygens (including phenoxy) is 1. The van der Waals surface area contributed by atoms with E-state index in [4.69, 9.17) is 9.73 Å². The first-order chi connectivity index (χ1) is 13.7. The highest BCUT2D eigenvalue weighted by atomic mass is 127. The van der Waals surface area contributed by atoms with Crippen LogP contribution < -0.4 is 10.6 Å². The van der Waals surface area contributed by atoms with E-state index in [1.807, 2.05) is 12.1 Å². The normalized spacial score (nSPS) is 16.0. The number of hydrogen-bond acceptors (Lipinski definition) is 4. The topological polar surface area (TPSA) is 66.2 Å². The van der Waals surface area contributed by atoms with Crippen molar-refractivity contribution in [2.24, 2.45) is 4.99 Å². The van der Waals surface area contributed by atoms with Crippen molar-refractivity contribution in [1.29, 1.82) is 0 Å². The van der Waals surface area contributed by atoms with Gasteiger partial charge in [-0.2, -0.15) is 0 Å². The number of imidazole rings is 1. The van der Waals surface area contributed by atoms with Gasteiger partial charge in [0.1, 0.15) is 5.65 Å². The smallest absolute Gasteiger partial charge is 0.191 e. The lowest BCUT2D eigenvalue weighted by Gasteiger charge is -2.33. The number of fused-ring (bicyclic) bond motifs is 1. The van der Waals surface area contributed by atoms with Crippen molar-refractivity contribution in [3.63, 3.8) is 0 Å². The fraction of sp³-hybridized carbons (Fsp3) is 0.619. The van der Waals surface area contributed by atoms with Crippen LogP contribution in [-0.4, -0.2) is 66.2 Å². The van der Waals surface area contributed by atoms with Gasteiger partial charge in [-0.1, -0.05) is 6.07 Å². The van der Waals surface area contributed by atoms with Gasteiger partial charge in [0.25, 0.3) is 0 Å². The molecule has 1 aliphatic heterocycles. The van der Waals surface area contributed by atoms with Crippen LogP contribution in [0.15, 0.2) is 29.4 Å². The number of guanidine groups is 1. The zero-order valence-corrected chi connectivity index (χ0v) is 20.2. The number of aliphatic imine (C=N–C) groups is 1. The zero-order chi connectivity index (χ0) is 19.8. The lowest BCUT2D eigenvalue weighted by Crippen LogP contribution is -2.48. The third-order valence-electron chi connectivity index (χ3n) is 5.24. The van der Waals surface area contributed by atoms with E-state index in [-0.39, 0.29) is 24.0 Å². The van der Waals surface area contributed by atoms with Crippen LogP contribution in [0.5, 0.6) is 0 Å². The molecule has 0 radical (unpaired) electrons. The Morgan fingerprint density at radius 2 is 2.10 bits per heavy atom. The minimum Gasteiger partial charge on any atom is -0.385 e. The molecule has 0 unspecified atom stereocenters. The van der Waals surface area contributed by atoms with Gasteiger partial charge in [0.2, 0.25) is 0 Å². The van der Waals surface area contributed by atoms with Crippen LogP contribution in [0.4, 0.5) is 0 Å². The van der Waals surface area contributed by atoms with Crippen molar-refractivity contribution in [2.75, 3.05) is 39.9 Å². The molecule has 0 aromatic carbocycles. The summed E-state index contributed by atoms with van der Waals surface area (Å²) in [6.07, 6.45) is 5.48. The Morgan fingerprint density at radius 1 is 1.31 bits per heavy atom. The number of piperidine rings is 1. The average Bonchev–Trinajstić information content (AvgIpc) is 3.12. The van der Waals surface area contributed by atoms with Gasteiger partial charge in [0.05, 0.1) is 12.2 Å². The van der Waals surface area contributed by atoms with Crippen LogP contribution in [0.3, 0.4) is 0 Å². The number of nitrogens with one attached hydrogen (secondary N) is 2. The lowest BCUT2D eigenvalue weighted by molar-refractivity contribution is 0.155. The third-order valence-corrected chi connectivity index (χ3v) is 5.24. The van der Waals surface area contributed by atoms with Gasteiger partial charge >= 0.3 is 0 Å². The van der Waals surface area contributed by atoms with Gasteiger partial charge in [-0.25, -0.2) is 9.98 Å². The maximum absolute atomic E-state index is 5.15. The van der Waals surface area contributed by atoms with Gasteiger partial charge in [-0.3, -0.25) is 0 Å². The molecule has 7 nitrogen and oxygen atoms in total. The van der Waals surface area contributed by atoms with E-state index in [0.717, 1.165) is 69.3 Å². The van der Waals surface area contributed by atoms with Gasteiger partial charge < -0.3 is 24.7 Å². The van der Waals surface area contributed by atoms with Crippen LogP contribution in [-0.2, 0) is 11.3 Å². The van der Waals surface area contributed by atoms with Crippen LogP contribution in [0.2, 0.25) is 0 Å². The Balaban J connectivity index is 0.00000300. The first-order valence-corrected chi connectivity index (χ1v) is 10.4. The lowest BCUT2D eigenvalue weighted by atomic mass is 10.1. The number of aromatic nitrogens is 2. The molecule has 1 fully saturated rings. The van der Waals surface area contributed by atoms with E-state index >= 15 is 0 Å². The summed E-state index contributed by atoms with van der Waals surface area (Å²) in [5.74, 6) is 0.883. The Morgan fingerprint density at radius 3 is 2.79 bits per heavy atom. The summed E-state index contributed by atoms with van der Waals surface area (Å²) in [6.45, 7) is 9.86. The molecule has 2 N–H and O–H groups in total. The Hall–Kier alpha value is -1.39. The molecule has 162 valence electrons. The maximum atomic E-state index is 5.15. The van der Waals surface area contributed by atoms with E-state index < -0.39 is 0 Å². The molecule has 3 heterocycles. The molecule has 0 aliphatic carbocycles. The van der Waals surface area contributed by atoms with E-state index in [9.17, 15) is 0 Å². The largest absolute Gasteiger partial charge is 0.385 e. The zero-order valence-electron chi connectivity index (χ0n) is 17.9. The Bertz CT molecular complexity index is 770. The number of aryl methyl sites for hydroxylation is 1. The minimum absolute atomic E-state index is 0. The second-order valence-electron chi connectivity index (χ2n) is 7.43. The summed E-state index contributed by atoms with van der Waals surface area (Å²) in [4.78, 5) is 12.0. The number of pyridine rings is 1. The summed E-state index contributed by atoms with van der Waals surface area (Å²) in [6, 6.07) is 6.64. The molecular formula is C21H35IN6O. The molecule has 8 heteroatoms. The van der Waals surface area contributed by atoms with Gasteiger partial charge in [-0.15, -0.1) is 24.0 Å². The number of halogens is 1. The van der Waals surface area contributed by atoms with E-state index in [0.29, 0.717) is 12.6 Å². The monoisotopic (exact) mass is 514 g/mol. The summed E-state index contributed by atoms with van der Waals surface area (Å²) in [5.41, 5.74) is 3.14. The number of hydrogen-bond donors (Lipinski definition) is 2. The quantitative estimate of drug-likeness (QED) is 0.246. The van der Waals surface area contributed by atoms with E-state index in [1.54, 1.807) is 7.11 Å². The molecule has 2 aromatic rings. The highest BCUT2D eigenvalue weighted by Crippen LogP contribution is 2.12. The molecule has 2 aromatic heterocycles. The van der Waals surface area contributed by atoms with Crippen molar-refractivity contribution in [3.8, 4) is 0 Å². The van der Waals surface area contributed by atoms with Crippen LogP contribution in [0.1, 0.15) is 37.6 Å². The molecule has 3 rings (SSSR count). The van der Waals surface area contributed by atoms with Gasteiger partial charge in [0, 0.05) is 57.8 Å². The van der Waals surface area contributed by atoms with Gasteiger partial charge in [-0.05, 0) is 45.2 Å². The molecule has 0 spiro atoms. The summed E-state index contributed by atoms with van der Waals surface area (Å²) in [7, 11) is 1.77. The minimum atomic E-state index is 0. The first-order valence-electron chi connectivity index (χ1n) is 10.4. The predicted molar refractivity (Wildman–Crippen MR) is 129 cm³/mol. The highest BCUT2D eigenvalue weighted by Gasteiger charge is 2.19. The molecule has 0 atom stereocenters. The second kappa shape index (κ2) is 12.3. The summed E-state index contributed by atoms with van der Waals surface area (Å²) in [5, 5.41) is 6.99. The summed E-state index contributed by atoms with van der Waals surface area (Å²) >= 11 is 0. The van der Waals surface area contributed by atoms with Crippen LogP contribution in [0.25, 0.3) is 5.65 Å². The van der Waals surface area contributed by atoms with Crippen molar-refractivity contribution in [2.45, 2.75) is 45.7 Å². The van der Waals surface area contributed by atoms with Crippen molar-refractivity contribution < 1.29 is 4.74 Å². The molecule has 0 bridgehead atoms. The van der Waals surface area contributed by atoms with Crippen LogP contribution in [0, 0.1) is 6.92 Å². The van der Waals surface area contributed by atoms with Crippen molar-refractivity contribution in [1.82, 2.24) is 24.9 Å². The molecule has 29 heavy (non-hydrogen) atoms. The Labute approximate surface area is 191 Å². The molecular weight excluding hydrogens is 479 g/mol. The van der Waals surface area contributed by atoms with Gasteiger partial charge in [0.15, 0.2) is 5.96 Å². The molecule has 0 saturated carbocycles. The molecule has 0 amide bonds. The fourth-order valence-electron chi connectivity index (χ4n) is 3.68. The highest BCUT2D eigenvalue weighted by molar-refractivity contribution is 14.0. The number of methoxy groups -OCH3 is 1. The number of rotatable bonds is 8. The average molecular weight is 514 g/mol. The maximum Gasteiger partial charge on any atom is 0.191 e. The standard InChI is InChI=1S/C21H34N6O.HI/c1-4-22-21(25-18-9-12-26(13-10-18)11-6-14-28-3)23-15-19-16-27-17(2)7-5-8-20(27)24-19;/h5,7-8,16,18H,4,6,9-15H2,1-3H3,(H2,22,23,25);1H. The number of nitrogens with zero attached hydrogens (tertiary/aromatic N) is 4. The van der Waals surface area contributed by atoms with E-state index in [1.165, 1.54) is 5.69 Å². The second-order valence-corrected chi connectivity index (χ2v) is 7.43. The fourth-order valence-corrected chi connectivity index (χ4v) is 3.68. The first kappa shape index (κ1) is 23.9. The molecule has 1 aliphatic rings. The third kappa shape index (κ3) is 7.11. The number of likely N-dealkylation sites (tertiary alicyclic amines) is 1.